The van der Waals surface area contributed by atoms with Crippen LogP contribution in [0.5, 0.6) is 0 Å². The van der Waals surface area contributed by atoms with E-state index in [9.17, 15) is 14.4 Å². The van der Waals surface area contributed by atoms with Gasteiger partial charge in [0.1, 0.15) is 0 Å². The summed E-state index contributed by atoms with van der Waals surface area (Å²) in [6, 6.07) is 6.66. The second-order valence-electron chi connectivity index (χ2n) is 7.38. The Kier molecular flexibility index (Phi) is 5.90. The predicted octanol–water partition coefficient (Wildman–Crippen LogP) is 0.784. The number of piperidine rings is 1. The van der Waals surface area contributed by atoms with Gasteiger partial charge in [-0.05, 0) is 43.5 Å². The number of carboxylic acids is 1. The molecule has 3 amide bonds. The van der Waals surface area contributed by atoms with Crippen LogP contribution in [0.4, 0.5) is 10.5 Å². The molecule has 0 aliphatic carbocycles. The number of carbonyl (C=O) groups is 3. The van der Waals surface area contributed by atoms with Gasteiger partial charge in [0.2, 0.25) is 5.91 Å². The second-order valence-corrected chi connectivity index (χ2v) is 7.38. The molecule has 2 aliphatic heterocycles. The van der Waals surface area contributed by atoms with Gasteiger partial charge in [-0.1, -0.05) is 5.16 Å². The Morgan fingerprint density at radius 2 is 1.76 bits per heavy atom. The minimum Gasteiger partial charge on any atom is -0.481 e. The molecule has 1 aromatic rings. The molecule has 5 N–H and O–H groups in total. The summed E-state index contributed by atoms with van der Waals surface area (Å²) < 4.78 is 0. The molecule has 10 nitrogen and oxygen atoms in total. The fourth-order valence-corrected chi connectivity index (χ4v) is 3.93. The molecule has 29 heavy (non-hydrogen) atoms. The number of nitrogens with one attached hydrogen (secondary N) is 1. The molecular formula is C19H25N5O5. The first-order valence-electron chi connectivity index (χ1n) is 9.51. The molecule has 0 saturated carbocycles. The van der Waals surface area contributed by atoms with Gasteiger partial charge in [-0.15, -0.1) is 0 Å². The average molecular weight is 403 g/mol. The number of benzene rings is 1. The highest BCUT2D eigenvalue weighted by Gasteiger charge is 2.49. The maximum Gasteiger partial charge on any atom is 0.317 e. The lowest BCUT2D eigenvalue weighted by atomic mass is 9.77. The van der Waals surface area contributed by atoms with Crippen molar-refractivity contribution in [3.8, 4) is 0 Å². The number of amidine groups is 1. The molecule has 1 spiro atoms. The smallest absolute Gasteiger partial charge is 0.317 e. The van der Waals surface area contributed by atoms with Crippen LogP contribution in [0.1, 0.15) is 31.2 Å². The lowest BCUT2D eigenvalue weighted by molar-refractivity contribution is -0.136. The third-order valence-electron chi connectivity index (χ3n) is 5.72. The van der Waals surface area contributed by atoms with Gasteiger partial charge in [0.15, 0.2) is 5.84 Å². The largest absolute Gasteiger partial charge is 0.481 e. The van der Waals surface area contributed by atoms with Gasteiger partial charge in [-0.3, -0.25) is 9.59 Å². The molecule has 0 unspecified atom stereocenters. The van der Waals surface area contributed by atoms with E-state index in [2.05, 4.69) is 10.5 Å². The van der Waals surface area contributed by atoms with E-state index in [1.54, 1.807) is 34.1 Å². The molecule has 2 heterocycles. The fraction of sp³-hybridized carbons (Fsp3) is 0.474. The zero-order valence-corrected chi connectivity index (χ0v) is 16.0. The Hall–Kier alpha value is -3.30. The highest BCUT2D eigenvalue weighted by Crippen LogP contribution is 2.43. The fourth-order valence-electron chi connectivity index (χ4n) is 3.93. The van der Waals surface area contributed by atoms with Gasteiger partial charge in [0, 0.05) is 37.4 Å². The molecular weight excluding hydrogens is 378 g/mol. The Labute approximate surface area is 167 Å². The van der Waals surface area contributed by atoms with Crippen molar-refractivity contribution in [2.24, 2.45) is 16.3 Å². The van der Waals surface area contributed by atoms with Crippen molar-refractivity contribution in [1.82, 2.24) is 10.2 Å². The van der Waals surface area contributed by atoms with Crippen molar-refractivity contribution in [2.75, 3.05) is 31.1 Å². The number of likely N-dealkylation sites (tertiary alicyclic amines) is 1. The zero-order valence-electron chi connectivity index (χ0n) is 16.0. The van der Waals surface area contributed by atoms with Gasteiger partial charge < -0.3 is 31.2 Å². The number of anilines is 1. The molecule has 1 aromatic carbocycles. The first-order chi connectivity index (χ1) is 13.9. The standard InChI is InChI=1S/C19H25N5O5/c20-16(22-29)13-1-3-14(4-2-13)24-12-8-19(17(24)27)6-10-23(11-7-19)18(28)21-9-5-15(25)26/h1-4,29H,5-12H2,(H2,20,22)(H,21,28)(H,25,26). The van der Waals surface area contributed by atoms with Crippen molar-refractivity contribution < 1.29 is 24.7 Å². The Balaban J connectivity index is 1.59. The van der Waals surface area contributed by atoms with Crippen LogP contribution in [0, 0.1) is 5.41 Å². The van der Waals surface area contributed by atoms with E-state index < -0.39 is 11.4 Å². The van der Waals surface area contributed by atoms with E-state index in [0.29, 0.717) is 38.0 Å². The molecule has 10 heteroatoms. The molecule has 3 rings (SSSR count). The van der Waals surface area contributed by atoms with Crippen molar-refractivity contribution >= 4 is 29.4 Å². The zero-order chi connectivity index (χ0) is 21.0. The average Bonchev–Trinajstić information content (AvgIpc) is 3.03. The molecule has 2 fully saturated rings. The van der Waals surface area contributed by atoms with Crippen LogP contribution in [-0.4, -0.2) is 65.1 Å². The lowest BCUT2D eigenvalue weighted by Gasteiger charge is -2.37. The minimum absolute atomic E-state index is 0.00905. The van der Waals surface area contributed by atoms with Crippen LogP contribution in [0.25, 0.3) is 0 Å². The number of carbonyl (C=O) groups excluding carboxylic acids is 2. The molecule has 0 bridgehead atoms. The van der Waals surface area contributed by atoms with Crippen LogP contribution in [0.2, 0.25) is 0 Å². The van der Waals surface area contributed by atoms with Crippen molar-refractivity contribution in [1.29, 1.82) is 0 Å². The first-order valence-corrected chi connectivity index (χ1v) is 9.51. The molecule has 156 valence electrons. The number of carboxylic acid groups (broad SMARTS) is 1. The Morgan fingerprint density at radius 3 is 2.34 bits per heavy atom. The highest BCUT2D eigenvalue weighted by atomic mass is 16.4. The molecule has 2 saturated heterocycles. The van der Waals surface area contributed by atoms with Gasteiger partial charge >= 0.3 is 12.0 Å². The Morgan fingerprint density at radius 1 is 1.14 bits per heavy atom. The number of nitrogens with zero attached hydrogens (tertiary/aromatic N) is 3. The maximum absolute atomic E-state index is 13.1. The van der Waals surface area contributed by atoms with Crippen molar-refractivity contribution in [3.63, 3.8) is 0 Å². The van der Waals surface area contributed by atoms with E-state index in [1.807, 2.05) is 0 Å². The third-order valence-corrected chi connectivity index (χ3v) is 5.72. The first kappa shape index (κ1) is 20.4. The van der Waals surface area contributed by atoms with Crippen LogP contribution in [0.3, 0.4) is 0 Å². The van der Waals surface area contributed by atoms with E-state index in [4.69, 9.17) is 16.0 Å². The van der Waals surface area contributed by atoms with Gasteiger partial charge in [0.05, 0.1) is 11.8 Å². The molecule has 0 atom stereocenters. The normalized spacial score (nSPS) is 18.9. The van der Waals surface area contributed by atoms with Gasteiger partial charge in [-0.25, -0.2) is 4.79 Å². The van der Waals surface area contributed by atoms with E-state index in [-0.39, 0.29) is 30.7 Å². The van der Waals surface area contributed by atoms with Crippen LogP contribution >= 0.6 is 0 Å². The van der Waals surface area contributed by atoms with E-state index >= 15 is 0 Å². The second kappa shape index (κ2) is 8.38. The number of nitrogens with two attached hydrogens (primary N) is 1. The number of amides is 3. The lowest BCUT2D eigenvalue weighted by Crippen LogP contribution is -2.49. The highest BCUT2D eigenvalue weighted by molar-refractivity contribution is 6.01. The summed E-state index contributed by atoms with van der Waals surface area (Å²) in [5.41, 5.74) is 6.43. The van der Waals surface area contributed by atoms with E-state index in [1.165, 1.54) is 0 Å². The topological polar surface area (TPSA) is 149 Å². The Bertz CT molecular complexity index is 815. The van der Waals surface area contributed by atoms with Crippen LogP contribution in [0.15, 0.2) is 29.4 Å². The third kappa shape index (κ3) is 4.25. The van der Waals surface area contributed by atoms with Crippen LogP contribution in [-0.2, 0) is 9.59 Å². The van der Waals surface area contributed by atoms with Gasteiger partial charge in [-0.2, -0.15) is 0 Å². The summed E-state index contributed by atoms with van der Waals surface area (Å²) in [6.07, 6.45) is 1.77. The van der Waals surface area contributed by atoms with Crippen LogP contribution < -0.4 is 16.0 Å². The number of aliphatic carboxylic acids is 1. The molecule has 0 radical (unpaired) electrons. The molecule has 0 aromatic heterocycles. The van der Waals surface area contributed by atoms with Crippen molar-refractivity contribution in [2.45, 2.75) is 25.7 Å². The number of urea groups is 1. The quantitative estimate of drug-likeness (QED) is 0.247. The number of hydrogen-bond donors (Lipinski definition) is 4. The number of rotatable bonds is 5. The summed E-state index contributed by atoms with van der Waals surface area (Å²) in [6.45, 7) is 1.61. The van der Waals surface area contributed by atoms with Crippen molar-refractivity contribution in [3.05, 3.63) is 29.8 Å². The summed E-state index contributed by atoms with van der Waals surface area (Å²) in [4.78, 5) is 39.2. The summed E-state index contributed by atoms with van der Waals surface area (Å²) in [7, 11) is 0. The summed E-state index contributed by atoms with van der Waals surface area (Å²) in [5.74, 6) is -0.895. The molecule has 2 aliphatic rings. The predicted molar refractivity (Wildman–Crippen MR) is 105 cm³/mol. The monoisotopic (exact) mass is 403 g/mol. The van der Waals surface area contributed by atoms with Gasteiger partial charge in [0.25, 0.3) is 0 Å². The number of oxime groups is 1. The maximum atomic E-state index is 13.1. The SMILES string of the molecule is N/C(=N\O)c1ccc(N2CCC3(CCN(C(=O)NCCC(=O)O)CC3)C2=O)cc1. The summed E-state index contributed by atoms with van der Waals surface area (Å²) in [5, 5.41) is 23.0. The number of hydrogen-bond acceptors (Lipinski definition) is 5. The minimum atomic E-state index is -0.959. The summed E-state index contributed by atoms with van der Waals surface area (Å²) >= 11 is 0. The van der Waals surface area contributed by atoms with E-state index in [0.717, 1.165) is 12.1 Å².